The van der Waals surface area contributed by atoms with Crippen molar-refractivity contribution >= 4 is 35.9 Å². The predicted octanol–water partition coefficient (Wildman–Crippen LogP) is 2.77. The highest BCUT2D eigenvalue weighted by molar-refractivity contribution is 6.30. The molecule has 1 aliphatic heterocycles. The molecule has 1 aliphatic rings. The van der Waals surface area contributed by atoms with Crippen molar-refractivity contribution in [2.45, 2.75) is 25.8 Å². The van der Waals surface area contributed by atoms with Crippen molar-refractivity contribution in [1.82, 2.24) is 9.80 Å². The van der Waals surface area contributed by atoms with Crippen molar-refractivity contribution in [2.75, 3.05) is 26.2 Å². The molecule has 0 bridgehead atoms. The maximum absolute atomic E-state index is 12.5. The zero-order valence-electron chi connectivity index (χ0n) is 13.1. The number of carbonyl (C=O) groups is 2. The van der Waals surface area contributed by atoms with E-state index in [1.807, 2.05) is 11.8 Å². The number of nitrogens with zero attached hydrogens (tertiary/aromatic N) is 2. The summed E-state index contributed by atoms with van der Waals surface area (Å²) in [6.07, 6.45) is 1.34. The van der Waals surface area contributed by atoms with Crippen LogP contribution in [0.4, 0.5) is 0 Å². The van der Waals surface area contributed by atoms with Crippen molar-refractivity contribution in [3.8, 4) is 0 Å². The van der Waals surface area contributed by atoms with Gasteiger partial charge in [0.1, 0.15) is 6.04 Å². The van der Waals surface area contributed by atoms with Gasteiger partial charge in [-0.3, -0.25) is 14.5 Å². The largest absolute Gasteiger partial charge is 0.480 e. The Hall–Kier alpha value is -1.30. The third kappa shape index (κ3) is 5.09. The highest BCUT2D eigenvalue weighted by Crippen LogP contribution is 2.15. The number of amides is 1. The summed E-state index contributed by atoms with van der Waals surface area (Å²) in [6.45, 7) is 4.33. The number of carboxylic acids is 1. The van der Waals surface area contributed by atoms with Crippen molar-refractivity contribution < 1.29 is 14.7 Å². The molecule has 1 saturated heterocycles. The Bertz CT molecular complexity index is 554. The van der Waals surface area contributed by atoms with E-state index in [0.29, 0.717) is 43.2 Å². The number of aliphatic carboxylic acids is 1. The number of carboxylic acid groups (broad SMARTS) is 1. The van der Waals surface area contributed by atoms with E-state index in [1.165, 1.54) is 0 Å². The normalized spacial score (nSPS) is 17.0. The average Bonchev–Trinajstić information content (AvgIpc) is 2.73. The van der Waals surface area contributed by atoms with Gasteiger partial charge < -0.3 is 10.0 Å². The van der Waals surface area contributed by atoms with Crippen LogP contribution in [0.3, 0.4) is 0 Å². The Morgan fingerprint density at radius 3 is 2.61 bits per heavy atom. The maximum Gasteiger partial charge on any atom is 0.320 e. The highest BCUT2D eigenvalue weighted by atomic mass is 35.5. The Morgan fingerprint density at radius 1 is 1.26 bits per heavy atom. The monoisotopic (exact) mass is 360 g/mol. The van der Waals surface area contributed by atoms with E-state index in [-0.39, 0.29) is 18.3 Å². The molecule has 1 amide bonds. The molecule has 1 heterocycles. The molecule has 23 heavy (non-hydrogen) atoms. The lowest BCUT2D eigenvalue weighted by molar-refractivity contribution is -0.143. The first-order valence-corrected chi connectivity index (χ1v) is 7.92. The molecule has 7 heteroatoms. The van der Waals surface area contributed by atoms with Gasteiger partial charge in [0.25, 0.3) is 5.91 Å². The summed E-state index contributed by atoms with van der Waals surface area (Å²) < 4.78 is 0. The van der Waals surface area contributed by atoms with Crippen LogP contribution in [0.5, 0.6) is 0 Å². The zero-order valence-corrected chi connectivity index (χ0v) is 14.6. The van der Waals surface area contributed by atoms with Crippen LogP contribution in [0.25, 0.3) is 0 Å². The molecule has 0 spiro atoms. The first-order chi connectivity index (χ1) is 10.5. The molecule has 0 aliphatic carbocycles. The number of rotatable bonds is 4. The van der Waals surface area contributed by atoms with Crippen LogP contribution in [-0.2, 0) is 4.79 Å². The van der Waals surface area contributed by atoms with Gasteiger partial charge in [0, 0.05) is 36.8 Å². The van der Waals surface area contributed by atoms with Gasteiger partial charge in [-0.25, -0.2) is 0 Å². The zero-order chi connectivity index (χ0) is 16.1. The van der Waals surface area contributed by atoms with E-state index in [4.69, 9.17) is 11.6 Å². The molecule has 0 saturated carbocycles. The number of benzene rings is 1. The fourth-order valence-electron chi connectivity index (χ4n) is 2.85. The summed E-state index contributed by atoms with van der Waals surface area (Å²) in [7, 11) is 0. The van der Waals surface area contributed by atoms with Crippen LogP contribution < -0.4 is 0 Å². The van der Waals surface area contributed by atoms with Crippen LogP contribution in [0, 0.1) is 0 Å². The van der Waals surface area contributed by atoms with E-state index >= 15 is 0 Å². The molecule has 128 valence electrons. The first kappa shape index (κ1) is 19.7. The van der Waals surface area contributed by atoms with Crippen LogP contribution in [0.15, 0.2) is 24.3 Å². The number of hydrogen-bond donors (Lipinski definition) is 1. The molecule has 1 fully saturated rings. The Labute approximate surface area is 147 Å². The second-order valence-electron chi connectivity index (χ2n) is 5.45. The molecule has 1 N–H and O–H groups in total. The predicted molar refractivity (Wildman–Crippen MR) is 92.5 cm³/mol. The minimum atomic E-state index is -0.794. The second kappa shape index (κ2) is 9.11. The molecule has 0 aromatic heterocycles. The lowest BCUT2D eigenvalue weighted by Gasteiger charge is -2.26. The van der Waals surface area contributed by atoms with E-state index in [1.54, 1.807) is 29.2 Å². The van der Waals surface area contributed by atoms with Crippen molar-refractivity contribution in [3.63, 3.8) is 0 Å². The Morgan fingerprint density at radius 2 is 2.00 bits per heavy atom. The van der Waals surface area contributed by atoms with Crippen molar-refractivity contribution in [1.29, 1.82) is 0 Å². The van der Waals surface area contributed by atoms with Gasteiger partial charge in [0.15, 0.2) is 0 Å². The number of carbonyl (C=O) groups excluding carboxylic acids is 1. The SMILES string of the molecule is CCC(C(=O)O)N1CCCN(C(=O)c2cccc(Cl)c2)CC1.Cl. The number of hydrogen-bond acceptors (Lipinski definition) is 3. The van der Waals surface area contributed by atoms with Crippen LogP contribution in [0.2, 0.25) is 5.02 Å². The third-order valence-electron chi connectivity index (χ3n) is 4.00. The molecule has 2 rings (SSSR count). The summed E-state index contributed by atoms with van der Waals surface area (Å²) in [6, 6.07) is 6.45. The van der Waals surface area contributed by atoms with Gasteiger partial charge in [-0.15, -0.1) is 12.4 Å². The van der Waals surface area contributed by atoms with Gasteiger partial charge >= 0.3 is 5.97 Å². The highest BCUT2D eigenvalue weighted by Gasteiger charge is 2.27. The summed E-state index contributed by atoms with van der Waals surface area (Å²) in [4.78, 5) is 27.5. The van der Waals surface area contributed by atoms with Gasteiger partial charge in [-0.2, -0.15) is 0 Å². The fourth-order valence-corrected chi connectivity index (χ4v) is 3.04. The molecular weight excluding hydrogens is 339 g/mol. The molecule has 1 atom stereocenters. The van der Waals surface area contributed by atoms with Gasteiger partial charge in [0.2, 0.25) is 0 Å². The fraction of sp³-hybridized carbons (Fsp3) is 0.500. The topological polar surface area (TPSA) is 60.9 Å². The molecule has 1 unspecified atom stereocenters. The second-order valence-corrected chi connectivity index (χ2v) is 5.89. The van der Waals surface area contributed by atoms with E-state index in [2.05, 4.69) is 0 Å². The van der Waals surface area contributed by atoms with Crippen molar-refractivity contribution in [2.24, 2.45) is 0 Å². The Kier molecular flexibility index (Phi) is 7.82. The van der Waals surface area contributed by atoms with Gasteiger partial charge in [-0.05, 0) is 31.0 Å². The van der Waals surface area contributed by atoms with Crippen molar-refractivity contribution in [3.05, 3.63) is 34.9 Å². The van der Waals surface area contributed by atoms with E-state index in [0.717, 1.165) is 6.42 Å². The summed E-state index contributed by atoms with van der Waals surface area (Å²) in [5.74, 6) is -0.843. The van der Waals surface area contributed by atoms with E-state index < -0.39 is 12.0 Å². The van der Waals surface area contributed by atoms with Crippen LogP contribution in [0.1, 0.15) is 30.1 Å². The van der Waals surface area contributed by atoms with Crippen LogP contribution >= 0.6 is 24.0 Å². The minimum absolute atomic E-state index is 0. The average molecular weight is 361 g/mol. The lowest BCUT2D eigenvalue weighted by Crippen LogP contribution is -2.43. The standard InChI is InChI=1S/C16H21ClN2O3.ClH/c1-2-14(16(21)22)18-7-4-8-19(10-9-18)15(20)12-5-3-6-13(17)11-12;/h3,5-6,11,14H,2,4,7-10H2,1H3,(H,21,22);1H. The molecule has 0 radical (unpaired) electrons. The summed E-state index contributed by atoms with van der Waals surface area (Å²) in [5, 5.41) is 9.81. The molecule has 1 aromatic rings. The summed E-state index contributed by atoms with van der Waals surface area (Å²) >= 11 is 5.93. The first-order valence-electron chi connectivity index (χ1n) is 7.54. The Balaban J connectivity index is 0.00000264. The quantitative estimate of drug-likeness (QED) is 0.896. The number of halogens is 2. The molecule has 1 aromatic carbocycles. The van der Waals surface area contributed by atoms with Gasteiger partial charge in [-0.1, -0.05) is 24.6 Å². The molecule has 5 nitrogen and oxygen atoms in total. The third-order valence-corrected chi connectivity index (χ3v) is 4.24. The summed E-state index contributed by atoms with van der Waals surface area (Å²) in [5.41, 5.74) is 0.575. The maximum atomic E-state index is 12.5. The minimum Gasteiger partial charge on any atom is -0.480 e. The smallest absolute Gasteiger partial charge is 0.320 e. The van der Waals surface area contributed by atoms with E-state index in [9.17, 15) is 14.7 Å². The lowest BCUT2D eigenvalue weighted by atomic mass is 10.2. The van der Waals surface area contributed by atoms with Gasteiger partial charge in [0.05, 0.1) is 0 Å². The molecular formula is C16H22Cl2N2O3. The van der Waals surface area contributed by atoms with Crippen LogP contribution in [-0.4, -0.2) is 59.0 Å².